The minimum Gasteiger partial charge on any atom is -0.476 e. The number of aromatic carboxylic acids is 1. The fraction of sp³-hybridized carbons (Fsp3) is 0.250. The first-order valence-corrected chi connectivity index (χ1v) is 2.55. The molecule has 1 N–H and O–H groups in total. The number of carboxylic acids is 1. The Morgan fingerprint density at radius 3 is 2.42 bits per heavy atom. The first-order chi connectivity index (χ1) is 5.43. The van der Waals surface area contributed by atoms with E-state index in [0.29, 0.717) is 0 Å². The molecule has 0 aromatic carbocycles. The van der Waals surface area contributed by atoms with E-state index >= 15 is 0 Å². The SMILES string of the molecule is O=C(O)c1nnoc1C(F)(F)F. The van der Waals surface area contributed by atoms with Crippen LogP contribution in [0.5, 0.6) is 0 Å². The second-order valence-electron chi connectivity index (χ2n) is 1.75. The third-order valence-corrected chi connectivity index (χ3v) is 0.948. The van der Waals surface area contributed by atoms with Gasteiger partial charge in [-0.25, -0.2) is 4.79 Å². The zero-order chi connectivity index (χ0) is 9.35. The van der Waals surface area contributed by atoms with Crippen LogP contribution in [0, 0.1) is 0 Å². The summed E-state index contributed by atoms with van der Waals surface area (Å²) in [4.78, 5) is 10.1. The minimum absolute atomic E-state index is 1.23. The van der Waals surface area contributed by atoms with E-state index in [1.807, 2.05) is 0 Å². The second kappa shape index (κ2) is 2.47. The summed E-state index contributed by atoms with van der Waals surface area (Å²) in [6.45, 7) is 0. The lowest BCUT2D eigenvalue weighted by molar-refractivity contribution is -0.156. The van der Waals surface area contributed by atoms with Gasteiger partial charge in [0.25, 0.3) is 5.76 Å². The molecule has 66 valence electrons. The molecule has 5 nitrogen and oxygen atoms in total. The maximum absolute atomic E-state index is 11.8. The van der Waals surface area contributed by atoms with E-state index in [2.05, 4.69) is 14.9 Å². The van der Waals surface area contributed by atoms with Crippen LogP contribution in [-0.2, 0) is 6.18 Å². The highest BCUT2D eigenvalue weighted by atomic mass is 19.4. The topological polar surface area (TPSA) is 76.2 Å². The Morgan fingerprint density at radius 2 is 2.08 bits per heavy atom. The summed E-state index contributed by atoms with van der Waals surface area (Å²) in [5.74, 6) is -3.53. The predicted molar refractivity (Wildman–Crippen MR) is 26.3 cm³/mol. The Morgan fingerprint density at radius 1 is 1.50 bits per heavy atom. The number of rotatable bonds is 1. The number of aromatic nitrogens is 2. The molecule has 0 atom stereocenters. The van der Waals surface area contributed by atoms with E-state index in [4.69, 9.17) is 5.11 Å². The summed E-state index contributed by atoms with van der Waals surface area (Å²) in [7, 11) is 0. The van der Waals surface area contributed by atoms with Crippen molar-refractivity contribution in [3.8, 4) is 0 Å². The first kappa shape index (κ1) is 8.50. The van der Waals surface area contributed by atoms with Gasteiger partial charge in [-0.15, -0.1) is 5.10 Å². The fourth-order valence-corrected chi connectivity index (χ4v) is 0.517. The number of alkyl halides is 3. The molecule has 1 aromatic rings. The van der Waals surface area contributed by atoms with Gasteiger partial charge in [-0.05, 0) is 0 Å². The molecule has 0 spiro atoms. The molecule has 0 bridgehead atoms. The molecule has 12 heavy (non-hydrogen) atoms. The van der Waals surface area contributed by atoms with Crippen molar-refractivity contribution in [1.29, 1.82) is 0 Å². The van der Waals surface area contributed by atoms with Gasteiger partial charge in [-0.2, -0.15) is 13.2 Å². The van der Waals surface area contributed by atoms with E-state index in [1.165, 1.54) is 0 Å². The van der Waals surface area contributed by atoms with Gasteiger partial charge in [-0.1, -0.05) is 0 Å². The number of carboxylic acid groups (broad SMARTS) is 1. The molecule has 0 saturated carbocycles. The number of nitrogens with zero attached hydrogens (tertiary/aromatic N) is 2. The van der Waals surface area contributed by atoms with Crippen LogP contribution in [0.2, 0.25) is 0 Å². The van der Waals surface area contributed by atoms with Gasteiger partial charge in [0.1, 0.15) is 0 Å². The van der Waals surface area contributed by atoms with Gasteiger partial charge in [0.2, 0.25) is 5.69 Å². The quantitative estimate of drug-likeness (QED) is 0.694. The van der Waals surface area contributed by atoms with E-state index in [-0.39, 0.29) is 0 Å². The molecule has 8 heteroatoms. The monoisotopic (exact) mass is 182 g/mol. The van der Waals surface area contributed by atoms with Crippen LogP contribution in [-0.4, -0.2) is 21.4 Å². The van der Waals surface area contributed by atoms with Gasteiger partial charge < -0.3 is 9.63 Å². The van der Waals surface area contributed by atoms with E-state index in [9.17, 15) is 18.0 Å². The Kier molecular flexibility index (Phi) is 1.75. The van der Waals surface area contributed by atoms with Crippen LogP contribution in [0.1, 0.15) is 16.2 Å². The van der Waals surface area contributed by atoms with Crippen LogP contribution < -0.4 is 0 Å². The molecule has 1 aromatic heterocycles. The Labute approximate surface area is 62.8 Å². The third-order valence-electron chi connectivity index (χ3n) is 0.948. The molecule has 0 saturated heterocycles. The summed E-state index contributed by atoms with van der Waals surface area (Å²) < 4.78 is 39.0. The van der Waals surface area contributed by atoms with Crippen molar-refractivity contribution in [3.63, 3.8) is 0 Å². The largest absolute Gasteiger partial charge is 0.476 e. The molecular formula is C4HF3N2O3. The normalized spacial score (nSPS) is 11.6. The Hall–Kier alpha value is -1.60. The molecule has 1 heterocycles. The van der Waals surface area contributed by atoms with E-state index in [0.717, 1.165) is 0 Å². The summed E-state index contributed by atoms with van der Waals surface area (Å²) >= 11 is 0. The zero-order valence-electron chi connectivity index (χ0n) is 5.29. The number of hydrogen-bond donors (Lipinski definition) is 1. The van der Waals surface area contributed by atoms with Gasteiger partial charge in [-0.3, -0.25) is 0 Å². The van der Waals surface area contributed by atoms with Crippen molar-refractivity contribution in [2.75, 3.05) is 0 Å². The molecule has 0 fully saturated rings. The lowest BCUT2D eigenvalue weighted by Gasteiger charge is -1.99. The van der Waals surface area contributed by atoms with Crippen molar-refractivity contribution in [2.45, 2.75) is 6.18 Å². The average molecular weight is 182 g/mol. The fourth-order valence-electron chi connectivity index (χ4n) is 0.517. The molecule has 0 unspecified atom stereocenters. The van der Waals surface area contributed by atoms with Crippen molar-refractivity contribution < 1.29 is 27.6 Å². The smallest absolute Gasteiger partial charge is 0.455 e. The van der Waals surface area contributed by atoms with Gasteiger partial charge in [0, 0.05) is 5.27 Å². The minimum atomic E-state index is -4.88. The average Bonchev–Trinajstić information content (AvgIpc) is 2.30. The van der Waals surface area contributed by atoms with Crippen LogP contribution in [0.4, 0.5) is 13.2 Å². The Bertz CT molecular complexity index is 305. The second-order valence-corrected chi connectivity index (χ2v) is 1.75. The van der Waals surface area contributed by atoms with E-state index < -0.39 is 23.6 Å². The van der Waals surface area contributed by atoms with Crippen LogP contribution in [0.25, 0.3) is 0 Å². The van der Waals surface area contributed by atoms with Crippen molar-refractivity contribution in [3.05, 3.63) is 11.5 Å². The lowest BCUT2D eigenvalue weighted by Crippen LogP contribution is -2.10. The van der Waals surface area contributed by atoms with Gasteiger partial charge in [0.05, 0.1) is 0 Å². The third kappa shape index (κ3) is 1.36. The van der Waals surface area contributed by atoms with Gasteiger partial charge >= 0.3 is 12.1 Å². The first-order valence-electron chi connectivity index (χ1n) is 2.55. The van der Waals surface area contributed by atoms with E-state index in [1.54, 1.807) is 0 Å². The molecular weight excluding hydrogens is 181 g/mol. The van der Waals surface area contributed by atoms with Crippen LogP contribution in [0.3, 0.4) is 0 Å². The van der Waals surface area contributed by atoms with Crippen LogP contribution in [0.15, 0.2) is 4.52 Å². The number of hydrogen-bond acceptors (Lipinski definition) is 4. The summed E-state index contributed by atoms with van der Waals surface area (Å²) in [6, 6.07) is 0. The summed E-state index contributed by atoms with van der Waals surface area (Å²) in [5, 5.41) is 13.3. The maximum Gasteiger partial charge on any atom is 0.455 e. The molecule has 1 rings (SSSR count). The van der Waals surface area contributed by atoms with Crippen LogP contribution >= 0.6 is 0 Å². The Balaban J connectivity index is 3.17. The zero-order valence-corrected chi connectivity index (χ0v) is 5.29. The van der Waals surface area contributed by atoms with Gasteiger partial charge in [0.15, 0.2) is 0 Å². The number of halogens is 3. The molecule has 0 amide bonds. The molecule has 0 radical (unpaired) electrons. The predicted octanol–water partition coefficient (Wildman–Crippen LogP) is 0.787. The highest BCUT2D eigenvalue weighted by Gasteiger charge is 2.41. The summed E-state index contributed by atoms with van der Waals surface area (Å²) in [5.41, 5.74) is -1.23. The standard InChI is InChI=1S/C4HF3N2O3/c5-4(6,7)2-1(3(10)11)8-9-12-2/h(H,10,11). The van der Waals surface area contributed by atoms with Crippen molar-refractivity contribution in [1.82, 2.24) is 10.4 Å². The van der Waals surface area contributed by atoms with Crippen molar-refractivity contribution in [2.24, 2.45) is 0 Å². The molecule has 0 aliphatic heterocycles. The highest BCUT2D eigenvalue weighted by Crippen LogP contribution is 2.30. The molecule has 0 aliphatic rings. The lowest BCUT2D eigenvalue weighted by atomic mass is 10.3. The highest BCUT2D eigenvalue weighted by molar-refractivity contribution is 5.86. The molecule has 0 aliphatic carbocycles. The maximum atomic E-state index is 11.8. The summed E-state index contributed by atoms with van der Waals surface area (Å²) in [6.07, 6.45) is -4.88. The number of carbonyl (C=O) groups is 1. The van der Waals surface area contributed by atoms with Crippen molar-refractivity contribution >= 4 is 5.97 Å².